The number of aryl methyl sites for hydroxylation is 1. The Morgan fingerprint density at radius 1 is 1.05 bits per heavy atom. The van der Waals surface area contributed by atoms with Gasteiger partial charge in [0.15, 0.2) is 0 Å². The number of H-pyrrole nitrogens is 1. The van der Waals surface area contributed by atoms with Crippen LogP contribution in [0.25, 0.3) is 32.9 Å². The van der Waals surface area contributed by atoms with Crippen LogP contribution in [0.5, 0.6) is 6.01 Å². The van der Waals surface area contributed by atoms with Crippen molar-refractivity contribution in [3.8, 4) is 17.1 Å². The largest absolute Gasteiger partial charge is 0.461 e. The van der Waals surface area contributed by atoms with Crippen LogP contribution >= 0.6 is 11.6 Å². The van der Waals surface area contributed by atoms with Crippen molar-refractivity contribution < 1.29 is 4.74 Å². The molecule has 4 aliphatic rings. The molecule has 4 saturated heterocycles. The van der Waals surface area contributed by atoms with Gasteiger partial charge in [-0.2, -0.15) is 15.1 Å². The Bertz CT molecular complexity index is 1560. The summed E-state index contributed by atoms with van der Waals surface area (Å²) in [5.41, 5.74) is 5.05. The van der Waals surface area contributed by atoms with Gasteiger partial charge in [0.25, 0.3) is 0 Å². The van der Waals surface area contributed by atoms with Crippen LogP contribution in [0.15, 0.2) is 30.5 Å². The summed E-state index contributed by atoms with van der Waals surface area (Å²) >= 11 is 6.90. The molecule has 4 fully saturated rings. The van der Waals surface area contributed by atoms with Crippen molar-refractivity contribution in [2.45, 2.75) is 63.1 Å². The molecule has 8 rings (SSSR count). The maximum Gasteiger partial charge on any atom is 0.319 e. The van der Waals surface area contributed by atoms with Crippen LogP contribution in [0.4, 0.5) is 5.82 Å². The zero-order chi connectivity index (χ0) is 26.1. The normalized spacial score (nSPS) is 24.2. The second-order valence-corrected chi connectivity index (χ2v) is 12.3. The summed E-state index contributed by atoms with van der Waals surface area (Å²) in [6.45, 7) is 7.04. The van der Waals surface area contributed by atoms with Gasteiger partial charge in [-0.1, -0.05) is 17.7 Å². The second kappa shape index (κ2) is 9.04. The molecule has 2 unspecified atom stereocenters. The first-order valence-electron chi connectivity index (χ1n) is 14.4. The lowest BCUT2D eigenvalue weighted by molar-refractivity contribution is 0.108. The van der Waals surface area contributed by atoms with Crippen molar-refractivity contribution in [3.05, 3.63) is 41.0 Å². The molecule has 0 spiro atoms. The Kier molecular flexibility index (Phi) is 5.54. The molecular formula is C30H34ClN7O. The molecule has 0 amide bonds. The third-order valence-electron chi connectivity index (χ3n) is 9.72. The van der Waals surface area contributed by atoms with E-state index in [2.05, 4.69) is 49.6 Å². The second-order valence-electron chi connectivity index (χ2n) is 11.9. The predicted octanol–water partition coefficient (Wildman–Crippen LogP) is 5.08. The van der Waals surface area contributed by atoms with E-state index in [4.69, 9.17) is 26.3 Å². The zero-order valence-electron chi connectivity index (χ0n) is 22.3. The van der Waals surface area contributed by atoms with E-state index in [1.165, 1.54) is 51.6 Å². The average Bonchev–Trinajstić information content (AvgIpc) is 3.70. The number of fused-ring (bicyclic) bond motifs is 5. The van der Waals surface area contributed by atoms with Crippen molar-refractivity contribution in [3.63, 3.8) is 0 Å². The van der Waals surface area contributed by atoms with Crippen molar-refractivity contribution in [2.75, 3.05) is 37.7 Å². The molecule has 4 aliphatic heterocycles. The summed E-state index contributed by atoms with van der Waals surface area (Å²) in [5.74, 6) is 1.01. The van der Waals surface area contributed by atoms with Crippen LogP contribution in [-0.4, -0.2) is 75.5 Å². The summed E-state index contributed by atoms with van der Waals surface area (Å²) in [4.78, 5) is 15.3. The highest BCUT2D eigenvalue weighted by atomic mass is 35.5. The predicted molar refractivity (Wildman–Crippen MR) is 155 cm³/mol. The number of halogens is 1. The highest BCUT2D eigenvalue weighted by molar-refractivity contribution is 6.36. The van der Waals surface area contributed by atoms with E-state index in [-0.39, 0.29) is 5.54 Å². The molecule has 2 aromatic carbocycles. The van der Waals surface area contributed by atoms with Crippen molar-refractivity contribution in [2.24, 2.45) is 0 Å². The zero-order valence-corrected chi connectivity index (χ0v) is 23.1. The Labute approximate surface area is 233 Å². The highest BCUT2D eigenvalue weighted by Crippen LogP contribution is 2.42. The van der Waals surface area contributed by atoms with Gasteiger partial charge in [0.05, 0.1) is 27.8 Å². The van der Waals surface area contributed by atoms with E-state index in [1.54, 1.807) is 0 Å². The molecule has 2 aromatic heterocycles. The first-order valence-corrected chi connectivity index (χ1v) is 14.8. The lowest BCUT2D eigenvalue weighted by atomic mass is 9.95. The SMILES string of the molecule is Cc1cc2[nH]ncc2c(-c2ccc3c(N4C5CCC4CNC5)nc(OCC45CCCN4CCC5)nc3c2)c1Cl. The number of aromatic nitrogens is 4. The quantitative estimate of drug-likeness (QED) is 0.363. The van der Waals surface area contributed by atoms with Crippen molar-refractivity contribution in [1.29, 1.82) is 0 Å². The molecule has 6 heterocycles. The van der Waals surface area contributed by atoms with Crippen molar-refractivity contribution in [1.82, 2.24) is 30.4 Å². The van der Waals surface area contributed by atoms with Gasteiger partial charge in [0, 0.05) is 41.5 Å². The summed E-state index contributed by atoms with van der Waals surface area (Å²) in [5, 5.41) is 13.8. The molecule has 4 aromatic rings. The minimum Gasteiger partial charge on any atom is -0.461 e. The van der Waals surface area contributed by atoms with Crippen molar-refractivity contribution >= 4 is 39.2 Å². The first-order chi connectivity index (χ1) is 19.1. The molecule has 8 nitrogen and oxygen atoms in total. The Morgan fingerprint density at radius 3 is 2.64 bits per heavy atom. The van der Waals surface area contributed by atoms with E-state index in [0.717, 1.165) is 62.4 Å². The lowest BCUT2D eigenvalue weighted by Crippen LogP contribution is -2.52. The number of piperazine rings is 1. The topological polar surface area (TPSA) is 82.2 Å². The number of hydrogen-bond donors (Lipinski definition) is 2. The Hall–Kier alpha value is -2.94. The number of hydrogen-bond acceptors (Lipinski definition) is 7. The van der Waals surface area contributed by atoms with Gasteiger partial charge in [0.2, 0.25) is 0 Å². The molecule has 202 valence electrons. The molecule has 9 heteroatoms. The summed E-state index contributed by atoms with van der Waals surface area (Å²) in [6.07, 6.45) is 9.13. The molecule has 2 atom stereocenters. The third-order valence-corrected chi connectivity index (χ3v) is 10.2. The van der Waals surface area contributed by atoms with E-state index in [9.17, 15) is 0 Å². The first kappa shape index (κ1) is 23.9. The molecule has 0 saturated carbocycles. The number of aromatic amines is 1. The van der Waals surface area contributed by atoms with Crippen LogP contribution in [0, 0.1) is 6.92 Å². The van der Waals surface area contributed by atoms with Crippen LogP contribution in [0.3, 0.4) is 0 Å². The Balaban J connectivity index is 1.25. The minimum atomic E-state index is 0.149. The summed E-state index contributed by atoms with van der Waals surface area (Å²) < 4.78 is 6.52. The fourth-order valence-corrected chi connectivity index (χ4v) is 8.04. The van der Waals surface area contributed by atoms with Crippen LogP contribution in [-0.2, 0) is 0 Å². The molecule has 39 heavy (non-hydrogen) atoms. The van der Waals surface area contributed by atoms with E-state index < -0.39 is 0 Å². The number of rotatable bonds is 5. The fraction of sp³-hybridized carbons (Fsp3) is 0.500. The molecule has 0 radical (unpaired) electrons. The fourth-order valence-electron chi connectivity index (χ4n) is 7.78. The molecule has 0 aliphatic carbocycles. The molecule has 2 N–H and O–H groups in total. The Morgan fingerprint density at radius 2 is 1.85 bits per heavy atom. The van der Waals surface area contributed by atoms with Crippen LogP contribution < -0.4 is 15.0 Å². The van der Waals surface area contributed by atoms with E-state index in [1.807, 2.05) is 13.1 Å². The highest BCUT2D eigenvalue weighted by Gasteiger charge is 2.45. The smallest absolute Gasteiger partial charge is 0.319 e. The van der Waals surface area contributed by atoms with Gasteiger partial charge in [0.1, 0.15) is 12.4 Å². The number of benzene rings is 2. The number of nitrogens with one attached hydrogen (secondary N) is 2. The van der Waals surface area contributed by atoms with Gasteiger partial charge in [-0.05, 0) is 87.9 Å². The maximum atomic E-state index is 6.90. The standard InChI is InChI=1S/C30H34ClN7O/c1-18-12-25-23(16-33-36-25)26(27(18)31)19-4-7-22-24(13-19)34-29(39-17-30-8-2-10-37(30)11-3-9-30)35-28(22)38-20-5-6-21(38)15-32-14-20/h4,7,12-13,16,20-21,32H,2-3,5-6,8-11,14-15,17H2,1H3,(H,33,36). The van der Waals surface area contributed by atoms with Gasteiger partial charge in [-0.25, -0.2) is 0 Å². The van der Waals surface area contributed by atoms with E-state index >= 15 is 0 Å². The third kappa shape index (κ3) is 3.75. The maximum absolute atomic E-state index is 6.90. The van der Waals surface area contributed by atoms with Gasteiger partial charge in [-0.3, -0.25) is 10.00 Å². The molecular weight excluding hydrogens is 510 g/mol. The number of nitrogens with zero attached hydrogens (tertiary/aromatic N) is 5. The summed E-state index contributed by atoms with van der Waals surface area (Å²) in [6, 6.07) is 9.92. The number of ether oxygens (including phenoxy) is 1. The van der Waals surface area contributed by atoms with Crippen LogP contribution in [0.2, 0.25) is 5.02 Å². The lowest BCUT2D eigenvalue weighted by Gasteiger charge is -2.37. The van der Waals surface area contributed by atoms with Gasteiger partial charge in [-0.15, -0.1) is 0 Å². The monoisotopic (exact) mass is 543 g/mol. The van der Waals surface area contributed by atoms with Gasteiger partial charge >= 0.3 is 6.01 Å². The van der Waals surface area contributed by atoms with Gasteiger partial charge < -0.3 is 15.0 Å². The number of anilines is 1. The molecule has 2 bridgehead atoms. The minimum absolute atomic E-state index is 0.149. The average molecular weight is 544 g/mol. The summed E-state index contributed by atoms with van der Waals surface area (Å²) in [7, 11) is 0. The van der Waals surface area contributed by atoms with Crippen LogP contribution in [0.1, 0.15) is 44.1 Å². The van der Waals surface area contributed by atoms with E-state index in [0.29, 0.717) is 24.7 Å².